The summed E-state index contributed by atoms with van der Waals surface area (Å²) in [6, 6.07) is 8.00. The van der Waals surface area contributed by atoms with Crippen molar-refractivity contribution in [3.63, 3.8) is 0 Å². The average Bonchev–Trinajstić information content (AvgIpc) is 3.05. The Morgan fingerprint density at radius 2 is 1.85 bits per heavy atom. The van der Waals surface area contributed by atoms with Gasteiger partial charge >= 0.3 is 6.18 Å². The van der Waals surface area contributed by atoms with Crippen LogP contribution in [0.3, 0.4) is 0 Å². The lowest BCUT2D eigenvalue weighted by Gasteiger charge is -2.26. The molecule has 2 aromatic rings. The maximum atomic E-state index is 13.1. The zero-order valence-corrected chi connectivity index (χ0v) is 15.8. The summed E-state index contributed by atoms with van der Waals surface area (Å²) in [5, 5.41) is 3.29. The summed E-state index contributed by atoms with van der Waals surface area (Å²) in [5.74, 6) is 0. The first-order valence-electron chi connectivity index (χ1n) is 8.52. The van der Waals surface area contributed by atoms with Crippen LogP contribution >= 0.6 is 0 Å². The number of rotatable bonds is 4. The van der Waals surface area contributed by atoms with Gasteiger partial charge in [0.05, 0.1) is 0 Å². The topological polar surface area (TPSA) is 55.2 Å². The van der Waals surface area contributed by atoms with Crippen LogP contribution in [-0.2, 0) is 29.7 Å². The van der Waals surface area contributed by atoms with E-state index in [4.69, 9.17) is 0 Å². The predicted octanol–water partition coefficient (Wildman–Crippen LogP) is 3.48. The Balaban J connectivity index is 1.85. The first-order chi connectivity index (χ1) is 12.6. The largest absolute Gasteiger partial charge is 0.436 e. The maximum absolute atomic E-state index is 13.1. The van der Waals surface area contributed by atoms with E-state index in [0.717, 1.165) is 32.7 Å². The van der Waals surface area contributed by atoms with E-state index in [2.05, 4.69) is 12.0 Å². The van der Waals surface area contributed by atoms with Gasteiger partial charge in [0, 0.05) is 26.3 Å². The van der Waals surface area contributed by atoms with Crippen molar-refractivity contribution in [3.05, 3.63) is 53.4 Å². The van der Waals surface area contributed by atoms with Crippen LogP contribution in [0.25, 0.3) is 5.57 Å². The van der Waals surface area contributed by atoms with Crippen LogP contribution in [0, 0.1) is 0 Å². The van der Waals surface area contributed by atoms with Crippen molar-refractivity contribution in [2.75, 3.05) is 13.1 Å². The van der Waals surface area contributed by atoms with Crippen molar-refractivity contribution in [1.82, 2.24) is 14.1 Å². The molecular formula is C18H20F3N3O2S. The normalized spacial score (nSPS) is 16.4. The number of alkyl halides is 3. The molecule has 0 saturated carbocycles. The molecule has 0 atom stereocenters. The third-order valence-electron chi connectivity index (χ3n) is 4.59. The Bertz CT molecular complexity index is 961. The van der Waals surface area contributed by atoms with Crippen molar-refractivity contribution >= 4 is 15.6 Å². The van der Waals surface area contributed by atoms with Crippen molar-refractivity contribution in [1.29, 1.82) is 0 Å². The molecule has 27 heavy (non-hydrogen) atoms. The Labute approximate surface area is 156 Å². The molecule has 1 aliphatic heterocycles. The molecule has 0 spiro atoms. The Kier molecular flexibility index (Phi) is 5.18. The van der Waals surface area contributed by atoms with Gasteiger partial charge < -0.3 is 0 Å². The van der Waals surface area contributed by atoms with Gasteiger partial charge in [0.2, 0.25) is 10.0 Å². The van der Waals surface area contributed by atoms with Crippen LogP contribution < -0.4 is 0 Å². The van der Waals surface area contributed by atoms with Gasteiger partial charge in [0.1, 0.15) is 4.90 Å². The second-order valence-electron chi connectivity index (χ2n) is 6.41. The van der Waals surface area contributed by atoms with E-state index in [1.165, 1.54) is 12.6 Å². The van der Waals surface area contributed by atoms with E-state index in [9.17, 15) is 21.6 Å². The first kappa shape index (κ1) is 19.6. The summed E-state index contributed by atoms with van der Waals surface area (Å²) < 4.78 is 66.8. The molecule has 3 rings (SSSR count). The average molecular weight is 399 g/mol. The Morgan fingerprint density at radius 3 is 2.37 bits per heavy atom. The monoisotopic (exact) mass is 399 g/mol. The van der Waals surface area contributed by atoms with E-state index in [1.54, 1.807) is 6.08 Å². The van der Waals surface area contributed by atoms with Crippen LogP contribution in [0.1, 0.15) is 30.2 Å². The number of benzene rings is 1. The fourth-order valence-corrected chi connectivity index (χ4v) is 4.64. The lowest BCUT2D eigenvalue weighted by molar-refractivity contribution is -0.143. The van der Waals surface area contributed by atoms with E-state index in [-0.39, 0.29) is 13.1 Å². The lowest BCUT2D eigenvalue weighted by Crippen LogP contribution is -2.35. The Morgan fingerprint density at radius 1 is 1.19 bits per heavy atom. The minimum atomic E-state index is -4.83. The van der Waals surface area contributed by atoms with Crippen LogP contribution in [-0.4, -0.2) is 35.6 Å². The molecule has 0 fully saturated rings. The third-order valence-corrected chi connectivity index (χ3v) is 6.45. The molecule has 5 nitrogen and oxygen atoms in total. The highest BCUT2D eigenvalue weighted by molar-refractivity contribution is 7.89. The summed E-state index contributed by atoms with van der Waals surface area (Å²) in [5.41, 5.74) is 1.82. The molecule has 0 bridgehead atoms. The second-order valence-corrected chi connectivity index (χ2v) is 8.31. The molecule has 2 heterocycles. The van der Waals surface area contributed by atoms with Gasteiger partial charge in [0.25, 0.3) is 0 Å². The van der Waals surface area contributed by atoms with Gasteiger partial charge in [-0.25, -0.2) is 8.42 Å². The van der Waals surface area contributed by atoms with Crippen molar-refractivity contribution < 1.29 is 21.6 Å². The summed E-state index contributed by atoms with van der Waals surface area (Å²) in [6.45, 7) is 2.21. The maximum Gasteiger partial charge on any atom is 0.436 e. The van der Waals surface area contributed by atoms with E-state index >= 15 is 0 Å². The van der Waals surface area contributed by atoms with Gasteiger partial charge in [-0.05, 0) is 29.5 Å². The van der Waals surface area contributed by atoms with Gasteiger partial charge in [-0.2, -0.15) is 22.6 Å². The van der Waals surface area contributed by atoms with Crippen molar-refractivity contribution in [2.24, 2.45) is 7.05 Å². The Hall–Kier alpha value is -2.13. The van der Waals surface area contributed by atoms with Crippen molar-refractivity contribution in [3.8, 4) is 0 Å². The molecule has 9 heteroatoms. The standard InChI is InChI=1S/C18H20F3N3O2S/c1-3-13-4-6-14(7-5-13)15-8-10-24(11-9-15)27(25,26)16-12-23(2)22-17(16)18(19,20)21/h4-8,12H,3,9-11H2,1-2H3. The number of nitrogens with zero attached hydrogens (tertiary/aromatic N) is 3. The molecule has 146 valence electrons. The van der Waals surface area contributed by atoms with Crippen LogP contribution in [0.5, 0.6) is 0 Å². The minimum Gasteiger partial charge on any atom is -0.274 e. The SMILES string of the molecule is CCc1ccc(C2=CCN(S(=O)(=O)c3cn(C)nc3C(F)(F)F)CC2)cc1. The number of halogens is 3. The van der Waals surface area contributed by atoms with Crippen LogP contribution in [0.2, 0.25) is 0 Å². The quantitative estimate of drug-likeness (QED) is 0.791. The zero-order valence-electron chi connectivity index (χ0n) is 15.0. The second kappa shape index (κ2) is 7.12. The van der Waals surface area contributed by atoms with Gasteiger partial charge in [-0.1, -0.05) is 37.3 Å². The van der Waals surface area contributed by atoms with Crippen LogP contribution in [0.4, 0.5) is 13.2 Å². The summed E-state index contributed by atoms with van der Waals surface area (Å²) >= 11 is 0. The van der Waals surface area contributed by atoms with Gasteiger partial charge in [-0.3, -0.25) is 4.68 Å². The molecule has 0 unspecified atom stereocenters. The molecule has 1 aliphatic rings. The molecule has 0 saturated heterocycles. The summed E-state index contributed by atoms with van der Waals surface area (Å²) in [4.78, 5) is -0.804. The number of aryl methyl sites for hydroxylation is 2. The number of hydrogen-bond acceptors (Lipinski definition) is 3. The number of hydrogen-bond donors (Lipinski definition) is 0. The highest BCUT2D eigenvalue weighted by Gasteiger charge is 2.42. The predicted molar refractivity (Wildman–Crippen MR) is 95.4 cm³/mol. The fraction of sp³-hybridized carbons (Fsp3) is 0.389. The van der Waals surface area contributed by atoms with Gasteiger partial charge in [-0.15, -0.1) is 0 Å². The molecule has 1 aromatic carbocycles. The first-order valence-corrected chi connectivity index (χ1v) is 9.96. The fourth-order valence-electron chi connectivity index (χ4n) is 3.08. The highest BCUT2D eigenvalue weighted by atomic mass is 32.2. The number of aromatic nitrogens is 2. The lowest BCUT2D eigenvalue weighted by atomic mass is 9.99. The van der Waals surface area contributed by atoms with Gasteiger partial charge in [0.15, 0.2) is 5.69 Å². The van der Waals surface area contributed by atoms with E-state index < -0.39 is 26.8 Å². The highest BCUT2D eigenvalue weighted by Crippen LogP contribution is 2.35. The molecule has 0 radical (unpaired) electrons. The summed E-state index contributed by atoms with van der Waals surface area (Å²) in [7, 11) is -3.02. The minimum absolute atomic E-state index is 0.0272. The molecule has 0 amide bonds. The van der Waals surface area contributed by atoms with Crippen molar-refractivity contribution in [2.45, 2.75) is 30.8 Å². The number of sulfonamides is 1. The van der Waals surface area contributed by atoms with E-state index in [1.807, 2.05) is 24.3 Å². The molecule has 0 N–H and O–H groups in total. The van der Waals surface area contributed by atoms with E-state index in [0.29, 0.717) is 6.42 Å². The zero-order chi connectivity index (χ0) is 19.8. The smallest absolute Gasteiger partial charge is 0.274 e. The van der Waals surface area contributed by atoms with Crippen LogP contribution in [0.15, 0.2) is 41.4 Å². The molecular weight excluding hydrogens is 379 g/mol. The molecule has 1 aromatic heterocycles. The third kappa shape index (κ3) is 3.93. The summed E-state index contributed by atoms with van der Waals surface area (Å²) in [6.07, 6.45) is -0.807. The molecule has 0 aliphatic carbocycles.